The highest BCUT2D eigenvalue weighted by atomic mass is 35.5. The lowest BCUT2D eigenvalue weighted by Crippen LogP contribution is -2.52. The van der Waals surface area contributed by atoms with Crippen LogP contribution in [0.2, 0.25) is 5.02 Å². The molecule has 1 atom stereocenters. The van der Waals surface area contributed by atoms with Crippen LogP contribution in [0.1, 0.15) is 42.8 Å². The normalized spacial score (nSPS) is 20.0. The van der Waals surface area contributed by atoms with Gasteiger partial charge in [-0.25, -0.2) is 0 Å². The van der Waals surface area contributed by atoms with Crippen molar-refractivity contribution in [3.63, 3.8) is 0 Å². The lowest BCUT2D eigenvalue weighted by atomic mass is 9.79. The summed E-state index contributed by atoms with van der Waals surface area (Å²) >= 11 is 6.31. The van der Waals surface area contributed by atoms with E-state index in [2.05, 4.69) is 43.3 Å². The predicted molar refractivity (Wildman–Crippen MR) is 111 cm³/mol. The Bertz CT molecular complexity index is 754. The van der Waals surface area contributed by atoms with E-state index in [1.807, 2.05) is 18.2 Å². The standard InChI is InChI=1S/C20H29ClN4.ClH/c1-14-17(12-24-10-9-19(22)20(3,4)13-24)15(2)25(23-14)11-16-7-5-6-8-18(16)21;/h5-8,19H,9-13,22H2,1-4H3;1H. The van der Waals surface area contributed by atoms with Crippen molar-refractivity contribution in [1.29, 1.82) is 0 Å². The molecule has 0 radical (unpaired) electrons. The first kappa shape index (κ1) is 21.2. The number of piperidine rings is 1. The number of hydrogen-bond donors (Lipinski definition) is 1. The first-order valence-corrected chi connectivity index (χ1v) is 9.40. The van der Waals surface area contributed by atoms with E-state index in [4.69, 9.17) is 22.4 Å². The first-order valence-electron chi connectivity index (χ1n) is 9.02. The highest BCUT2D eigenvalue weighted by Gasteiger charge is 2.33. The van der Waals surface area contributed by atoms with Crippen LogP contribution in [0.25, 0.3) is 0 Å². The van der Waals surface area contributed by atoms with E-state index in [-0.39, 0.29) is 23.9 Å². The van der Waals surface area contributed by atoms with Gasteiger partial charge in [-0.15, -0.1) is 12.4 Å². The van der Waals surface area contributed by atoms with Crippen molar-refractivity contribution < 1.29 is 0 Å². The van der Waals surface area contributed by atoms with Crippen LogP contribution < -0.4 is 5.73 Å². The lowest BCUT2D eigenvalue weighted by Gasteiger charge is -2.42. The van der Waals surface area contributed by atoms with E-state index in [1.165, 1.54) is 11.3 Å². The van der Waals surface area contributed by atoms with E-state index in [0.717, 1.165) is 42.3 Å². The van der Waals surface area contributed by atoms with Crippen LogP contribution in [0.5, 0.6) is 0 Å². The smallest absolute Gasteiger partial charge is 0.0677 e. The second-order valence-electron chi connectivity index (χ2n) is 7.99. The van der Waals surface area contributed by atoms with Gasteiger partial charge in [-0.2, -0.15) is 5.10 Å². The monoisotopic (exact) mass is 396 g/mol. The summed E-state index contributed by atoms with van der Waals surface area (Å²) in [6.45, 7) is 12.5. The van der Waals surface area contributed by atoms with Crippen molar-refractivity contribution >= 4 is 24.0 Å². The molecule has 1 aromatic heterocycles. The predicted octanol–water partition coefficient (Wildman–Crippen LogP) is 4.18. The van der Waals surface area contributed by atoms with E-state index < -0.39 is 0 Å². The van der Waals surface area contributed by atoms with E-state index in [0.29, 0.717) is 6.54 Å². The molecule has 6 heteroatoms. The molecular weight excluding hydrogens is 367 g/mol. The zero-order valence-corrected chi connectivity index (χ0v) is 17.7. The fourth-order valence-corrected chi connectivity index (χ4v) is 3.94. The molecule has 0 bridgehead atoms. The van der Waals surface area contributed by atoms with Crippen molar-refractivity contribution in [3.05, 3.63) is 51.8 Å². The summed E-state index contributed by atoms with van der Waals surface area (Å²) in [6.07, 6.45) is 1.05. The minimum absolute atomic E-state index is 0. The fraction of sp³-hybridized carbons (Fsp3) is 0.550. The molecule has 1 fully saturated rings. The van der Waals surface area contributed by atoms with Gasteiger partial charge in [-0.05, 0) is 37.3 Å². The average Bonchev–Trinajstić information content (AvgIpc) is 2.80. The number of nitrogens with two attached hydrogens (primary N) is 1. The molecule has 1 aliphatic heterocycles. The van der Waals surface area contributed by atoms with Crippen LogP contribution >= 0.6 is 24.0 Å². The Kier molecular flexibility index (Phi) is 6.78. The van der Waals surface area contributed by atoms with E-state index >= 15 is 0 Å². The van der Waals surface area contributed by atoms with Crippen molar-refractivity contribution in [2.75, 3.05) is 13.1 Å². The number of likely N-dealkylation sites (tertiary alicyclic amines) is 1. The highest BCUT2D eigenvalue weighted by molar-refractivity contribution is 6.31. The maximum Gasteiger partial charge on any atom is 0.0677 e. The van der Waals surface area contributed by atoms with Crippen molar-refractivity contribution in [2.24, 2.45) is 11.1 Å². The van der Waals surface area contributed by atoms with Gasteiger partial charge in [0.2, 0.25) is 0 Å². The number of halogens is 2. The summed E-state index contributed by atoms with van der Waals surface area (Å²) in [4.78, 5) is 2.51. The van der Waals surface area contributed by atoms with Gasteiger partial charge in [0, 0.05) is 42.0 Å². The molecule has 0 amide bonds. The maximum absolute atomic E-state index is 6.31. The quantitative estimate of drug-likeness (QED) is 0.842. The molecule has 0 saturated carbocycles. The summed E-state index contributed by atoms with van der Waals surface area (Å²) in [5, 5.41) is 5.56. The van der Waals surface area contributed by atoms with Gasteiger partial charge in [0.1, 0.15) is 0 Å². The van der Waals surface area contributed by atoms with Crippen LogP contribution in [-0.2, 0) is 13.1 Å². The van der Waals surface area contributed by atoms with Gasteiger partial charge in [-0.1, -0.05) is 43.6 Å². The number of aryl methyl sites for hydroxylation is 1. The topological polar surface area (TPSA) is 47.1 Å². The molecule has 1 unspecified atom stereocenters. The molecule has 0 aliphatic carbocycles. The molecule has 1 aliphatic rings. The molecule has 3 rings (SSSR count). The fourth-order valence-electron chi connectivity index (χ4n) is 3.75. The highest BCUT2D eigenvalue weighted by Crippen LogP contribution is 2.29. The molecule has 144 valence electrons. The molecule has 26 heavy (non-hydrogen) atoms. The zero-order chi connectivity index (χ0) is 18.2. The third-order valence-corrected chi connectivity index (χ3v) is 5.95. The molecule has 1 saturated heterocycles. The number of benzene rings is 1. The largest absolute Gasteiger partial charge is 0.327 e. The second kappa shape index (κ2) is 8.30. The SMILES string of the molecule is Cc1nn(Cc2ccccc2Cl)c(C)c1CN1CCC(N)C(C)(C)C1.Cl. The number of aromatic nitrogens is 2. The summed E-state index contributed by atoms with van der Waals surface area (Å²) in [7, 11) is 0. The Morgan fingerprint density at radius 2 is 1.92 bits per heavy atom. The molecule has 0 spiro atoms. The third kappa shape index (κ3) is 4.42. The summed E-state index contributed by atoms with van der Waals surface area (Å²) < 4.78 is 2.08. The first-order chi connectivity index (χ1) is 11.8. The van der Waals surface area contributed by atoms with Crippen LogP contribution in [-0.4, -0.2) is 33.8 Å². The maximum atomic E-state index is 6.31. The minimum atomic E-state index is 0. The van der Waals surface area contributed by atoms with Gasteiger partial charge < -0.3 is 5.73 Å². The van der Waals surface area contributed by atoms with Gasteiger partial charge in [-0.3, -0.25) is 9.58 Å². The van der Waals surface area contributed by atoms with E-state index in [1.54, 1.807) is 0 Å². The van der Waals surface area contributed by atoms with Crippen LogP contribution in [0.4, 0.5) is 0 Å². The van der Waals surface area contributed by atoms with Crippen molar-refractivity contribution in [3.8, 4) is 0 Å². The lowest BCUT2D eigenvalue weighted by molar-refractivity contribution is 0.0895. The van der Waals surface area contributed by atoms with Gasteiger partial charge in [0.15, 0.2) is 0 Å². The Morgan fingerprint density at radius 3 is 2.58 bits per heavy atom. The van der Waals surface area contributed by atoms with Crippen LogP contribution in [0.15, 0.2) is 24.3 Å². The molecular formula is C20H30Cl2N4. The molecule has 1 aromatic carbocycles. The van der Waals surface area contributed by atoms with Crippen molar-refractivity contribution in [2.45, 2.75) is 53.2 Å². The molecule has 4 nitrogen and oxygen atoms in total. The van der Waals surface area contributed by atoms with Gasteiger partial charge in [0.05, 0.1) is 12.2 Å². The molecule has 2 aromatic rings. The summed E-state index contributed by atoms with van der Waals surface area (Å²) in [5.41, 5.74) is 11.2. The number of hydrogen-bond acceptors (Lipinski definition) is 3. The second-order valence-corrected chi connectivity index (χ2v) is 8.40. The Balaban J connectivity index is 0.00000243. The van der Waals surface area contributed by atoms with E-state index in [9.17, 15) is 0 Å². The van der Waals surface area contributed by atoms with Crippen molar-refractivity contribution in [1.82, 2.24) is 14.7 Å². The Labute approximate surface area is 168 Å². The number of nitrogens with zero attached hydrogens (tertiary/aromatic N) is 3. The Morgan fingerprint density at radius 1 is 1.23 bits per heavy atom. The zero-order valence-electron chi connectivity index (χ0n) is 16.1. The third-order valence-electron chi connectivity index (χ3n) is 5.58. The Hall–Kier alpha value is -1.07. The number of rotatable bonds is 4. The minimum Gasteiger partial charge on any atom is -0.327 e. The molecule has 2 N–H and O–H groups in total. The summed E-state index contributed by atoms with van der Waals surface area (Å²) in [5.74, 6) is 0. The molecule has 2 heterocycles. The summed E-state index contributed by atoms with van der Waals surface area (Å²) in [6, 6.07) is 8.26. The van der Waals surface area contributed by atoms with Crippen LogP contribution in [0.3, 0.4) is 0 Å². The van der Waals surface area contributed by atoms with Gasteiger partial charge in [0.25, 0.3) is 0 Å². The average molecular weight is 397 g/mol. The van der Waals surface area contributed by atoms with Crippen LogP contribution in [0, 0.1) is 19.3 Å². The van der Waals surface area contributed by atoms with Gasteiger partial charge >= 0.3 is 0 Å².